The van der Waals surface area contributed by atoms with E-state index in [1.165, 1.54) is 0 Å². The van der Waals surface area contributed by atoms with E-state index in [2.05, 4.69) is 4.98 Å². The van der Waals surface area contributed by atoms with Crippen LogP contribution in [0, 0.1) is 0 Å². The molecule has 0 saturated carbocycles. The highest BCUT2D eigenvalue weighted by Gasteiger charge is 2.52. The van der Waals surface area contributed by atoms with E-state index in [-0.39, 0.29) is 11.2 Å². The molecule has 114 valence electrons. The molecule has 22 heavy (non-hydrogen) atoms. The Morgan fingerprint density at radius 2 is 1.55 bits per heavy atom. The van der Waals surface area contributed by atoms with E-state index in [0.717, 1.165) is 16.9 Å². The molecule has 2 aromatic rings. The molecule has 1 aromatic carbocycles. The summed E-state index contributed by atoms with van der Waals surface area (Å²) in [5.41, 5.74) is 1.73. The van der Waals surface area contributed by atoms with Crippen LogP contribution in [0.3, 0.4) is 0 Å². The molecule has 0 N–H and O–H groups in total. The molecule has 1 fully saturated rings. The molecule has 1 aromatic heterocycles. The van der Waals surface area contributed by atoms with E-state index in [9.17, 15) is 0 Å². The summed E-state index contributed by atoms with van der Waals surface area (Å²) >= 11 is 6.26. The summed E-state index contributed by atoms with van der Waals surface area (Å²) in [6.07, 6.45) is 0. The lowest BCUT2D eigenvalue weighted by molar-refractivity contribution is 0.00578. The highest BCUT2D eigenvalue weighted by Crippen LogP contribution is 2.36. The van der Waals surface area contributed by atoms with Crippen LogP contribution in [0.2, 0.25) is 5.02 Å². The van der Waals surface area contributed by atoms with Crippen molar-refractivity contribution in [1.82, 2.24) is 4.98 Å². The molecular weight excluding hydrogens is 296 g/mol. The number of hydrogen-bond acceptors (Lipinski definition) is 3. The zero-order valence-corrected chi connectivity index (χ0v) is 14.0. The van der Waals surface area contributed by atoms with Crippen molar-refractivity contribution in [3.05, 3.63) is 47.5 Å². The van der Waals surface area contributed by atoms with E-state index in [1.807, 2.05) is 70.2 Å². The van der Waals surface area contributed by atoms with Gasteiger partial charge in [-0.15, -0.1) is 0 Å². The van der Waals surface area contributed by atoms with Crippen molar-refractivity contribution in [2.75, 3.05) is 0 Å². The molecule has 0 bridgehead atoms. The van der Waals surface area contributed by atoms with Crippen molar-refractivity contribution in [3.63, 3.8) is 0 Å². The average Bonchev–Trinajstić information content (AvgIpc) is 2.68. The monoisotopic (exact) mass is 315 g/mol. The maximum atomic E-state index is 6.26. The van der Waals surface area contributed by atoms with Crippen LogP contribution in [-0.4, -0.2) is 23.3 Å². The number of pyridine rings is 1. The molecule has 0 atom stereocenters. The van der Waals surface area contributed by atoms with Crippen LogP contribution < -0.4 is 5.59 Å². The van der Waals surface area contributed by atoms with E-state index < -0.39 is 7.12 Å². The molecule has 1 aliphatic heterocycles. The second-order valence-electron chi connectivity index (χ2n) is 6.52. The van der Waals surface area contributed by atoms with Gasteiger partial charge in [-0.2, -0.15) is 0 Å². The van der Waals surface area contributed by atoms with E-state index in [1.54, 1.807) is 0 Å². The summed E-state index contributed by atoms with van der Waals surface area (Å²) < 4.78 is 12.1. The van der Waals surface area contributed by atoms with Gasteiger partial charge >= 0.3 is 7.12 Å². The highest BCUT2D eigenvalue weighted by molar-refractivity contribution is 6.61. The van der Waals surface area contributed by atoms with Gasteiger partial charge in [-0.1, -0.05) is 35.9 Å². The maximum absolute atomic E-state index is 6.26. The van der Waals surface area contributed by atoms with Crippen molar-refractivity contribution in [2.45, 2.75) is 38.9 Å². The number of benzene rings is 1. The van der Waals surface area contributed by atoms with Crippen LogP contribution in [-0.2, 0) is 9.31 Å². The minimum Gasteiger partial charge on any atom is -0.398 e. The van der Waals surface area contributed by atoms with Gasteiger partial charge in [-0.3, -0.25) is 4.98 Å². The maximum Gasteiger partial charge on any atom is 0.514 e. The Morgan fingerprint density at radius 1 is 0.909 bits per heavy atom. The first-order valence-electron chi connectivity index (χ1n) is 7.38. The van der Waals surface area contributed by atoms with Gasteiger partial charge in [0, 0.05) is 10.6 Å². The summed E-state index contributed by atoms with van der Waals surface area (Å²) in [6, 6.07) is 13.5. The summed E-state index contributed by atoms with van der Waals surface area (Å²) in [6.45, 7) is 8.13. The second-order valence-corrected chi connectivity index (χ2v) is 6.92. The van der Waals surface area contributed by atoms with Crippen molar-refractivity contribution >= 4 is 24.3 Å². The molecule has 3 nitrogen and oxygen atoms in total. The standard InChI is InChI=1S/C17H19BClNO2/c1-16(2)17(3,4)22-18(21-16)15-11-7-10-14(20-15)12-8-5-6-9-13(12)19/h5-11H,1-4H3. The molecule has 5 heteroatoms. The summed E-state index contributed by atoms with van der Waals surface area (Å²) in [5.74, 6) is 0. The van der Waals surface area contributed by atoms with Crippen molar-refractivity contribution in [1.29, 1.82) is 0 Å². The average molecular weight is 316 g/mol. The molecule has 1 aliphatic rings. The van der Waals surface area contributed by atoms with Crippen molar-refractivity contribution < 1.29 is 9.31 Å². The van der Waals surface area contributed by atoms with E-state index >= 15 is 0 Å². The number of halogens is 1. The predicted molar refractivity (Wildman–Crippen MR) is 90.4 cm³/mol. The Hall–Kier alpha value is -1.36. The summed E-state index contributed by atoms with van der Waals surface area (Å²) in [4.78, 5) is 4.68. The van der Waals surface area contributed by atoms with Gasteiger partial charge in [0.1, 0.15) is 0 Å². The molecule has 2 heterocycles. The van der Waals surface area contributed by atoms with Crippen LogP contribution in [0.25, 0.3) is 11.3 Å². The second kappa shape index (κ2) is 5.37. The quantitative estimate of drug-likeness (QED) is 0.792. The first-order chi connectivity index (χ1) is 10.3. The molecule has 0 unspecified atom stereocenters. The first kappa shape index (κ1) is 15.5. The predicted octanol–water partition coefficient (Wildman–Crippen LogP) is 3.70. The highest BCUT2D eigenvalue weighted by atomic mass is 35.5. The Morgan fingerprint density at radius 3 is 2.18 bits per heavy atom. The number of hydrogen-bond donors (Lipinski definition) is 0. The molecular formula is C17H19BClNO2. The van der Waals surface area contributed by atoms with Crippen LogP contribution in [0.15, 0.2) is 42.5 Å². The zero-order chi connectivity index (χ0) is 16.0. The molecule has 0 radical (unpaired) electrons. The van der Waals surface area contributed by atoms with Gasteiger partial charge in [0.15, 0.2) is 0 Å². The zero-order valence-electron chi connectivity index (χ0n) is 13.3. The lowest BCUT2D eigenvalue weighted by Crippen LogP contribution is -2.41. The Kier molecular flexibility index (Phi) is 3.80. The fraction of sp³-hybridized carbons (Fsp3) is 0.353. The third-order valence-corrected chi connectivity index (χ3v) is 4.74. The van der Waals surface area contributed by atoms with Gasteiger partial charge in [0.05, 0.1) is 22.5 Å². The van der Waals surface area contributed by atoms with Crippen LogP contribution in [0.1, 0.15) is 27.7 Å². The fourth-order valence-corrected chi connectivity index (χ4v) is 2.60. The van der Waals surface area contributed by atoms with Gasteiger partial charge in [0.25, 0.3) is 0 Å². The summed E-state index contributed by atoms with van der Waals surface area (Å²) in [7, 11) is -0.465. The molecule has 0 amide bonds. The van der Waals surface area contributed by atoms with Crippen LogP contribution >= 0.6 is 11.6 Å². The minimum atomic E-state index is -0.465. The minimum absolute atomic E-state index is 0.375. The van der Waals surface area contributed by atoms with Gasteiger partial charge in [0.2, 0.25) is 0 Å². The van der Waals surface area contributed by atoms with Crippen LogP contribution in [0.4, 0.5) is 0 Å². The van der Waals surface area contributed by atoms with Gasteiger partial charge in [-0.05, 0) is 45.9 Å². The summed E-state index contributed by atoms with van der Waals surface area (Å²) in [5, 5.41) is 0.682. The van der Waals surface area contributed by atoms with Crippen molar-refractivity contribution in [3.8, 4) is 11.3 Å². The topological polar surface area (TPSA) is 31.4 Å². The number of rotatable bonds is 2. The van der Waals surface area contributed by atoms with Crippen LogP contribution in [0.5, 0.6) is 0 Å². The number of nitrogens with zero attached hydrogens (tertiary/aromatic N) is 1. The lowest BCUT2D eigenvalue weighted by atomic mass is 9.84. The first-order valence-corrected chi connectivity index (χ1v) is 7.75. The smallest absolute Gasteiger partial charge is 0.398 e. The molecule has 3 rings (SSSR count). The van der Waals surface area contributed by atoms with Crippen molar-refractivity contribution in [2.24, 2.45) is 0 Å². The third-order valence-electron chi connectivity index (χ3n) is 4.42. The Labute approximate surface area is 136 Å². The molecule has 0 spiro atoms. The molecule has 0 aliphatic carbocycles. The third kappa shape index (κ3) is 2.67. The number of aromatic nitrogens is 1. The van der Waals surface area contributed by atoms with Gasteiger partial charge in [-0.25, -0.2) is 0 Å². The lowest BCUT2D eigenvalue weighted by Gasteiger charge is -2.32. The molecule has 1 saturated heterocycles. The fourth-order valence-electron chi connectivity index (χ4n) is 2.37. The van der Waals surface area contributed by atoms with E-state index in [0.29, 0.717) is 5.02 Å². The SMILES string of the molecule is CC1(C)OB(c2cccc(-c3ccccc3Cl)n2)OC1(C)C. The normalized spacial score (nSPS) is 19.4. The Balaban J connectivity index is 1.95. The Bertz CT molecular complexity index is 687. The van der Waals surface area contributed by atoms with Gasteiger partial charge < -0.3 is 9.31 Å². The van der Waals surface area contributed by atoms with E-state index in [4.69, 9.17) is 20.9 Å². The largest absolute Gasteiger partial charge is 0.514 e.